The summed E-state index contributed by atoms with van der Waals surface area (Å²) in [6.45, 7) is 1.76. The molecule has 150 valence electrons. The Labute approximate surface area is 166 Å². The molecule has 1 aliphatic rings. The lowest BCUT2D eigenvalue weighted by molar-refractivity contribution is -0.141. The Kier molecular flexibility index (Phi) is 5.92. The second-order valence-corrected chi connectivity index (χ2v) is 6.62. The monoisotopic (exact) mass is 396 g/mol. The van der Waals surface area contributed by atoms with E-state index >= 15 is 0 Å². The predicted octanol–water partition coefficient (Wildman–Crippen LogP) is 3.63. The molecule has 1 aromatic carbocycles. The van der Waals surface area contributed by atoms with E-state index in [1.165, 1.54) is 18.3 Å². The third-order valence-electron chi connectivity index (χ3n) is 4.58. The minimum absolute atomic E-state index is 0.0829. The van der Waals surface area contributed by atoms with Crippen molar-refractivity contribution in [2.45, 2.75) is 19.8 Å². The summed E-state index contributed by atoms with van der Waals surface area (Å²) in [5.41, 5.74) is 8.06. The van der Waals surface area contributed by atoms with Gasteiger partial charge in [-0.3, -0.25) is 9.59 Å². The minimum atomic E-state index is -1.01. The van der Waals surface area contributed by atoms with Crippen LogP contribution in [0, 0.1) is 11.7 Å². The molecule has 1 aliphatic carbocycles. The van der Waals surface area contributed by atoms with Crippen LogP contribution in [0.5, 0.6) is 0 Å². The number of carboxylic acid groups (broad SMARTS) is 1. The molecular formula is C21H21FN4O3. The number of hydrogen-bond donors (Lipinski definition) is 4. The smallest absolute Gasteiger partial charge is 0.307 e. The topological polar surface area (TPSA) is 121 Å². The summed E-state index contributed by atoms with van der Waals surface area (Å²) in [5.74, 6) is -2.12. The first-order valence-corrected chi connectivity index (χ1v) is 9.05. The molecule has 1 aromatic heterocycles. The predicted molar refractivity (Wildman–Crippen MR) is 110 cm³/mol. The number of halogens is 1. The normalized spacial score (nSPS) is 17.1. The molecule has 0 bridgehead atoms. The van der Waals surface area contributed by atoms with Gasteiger partial charge < -0.3 is 21.1 Å². The van der Waals surface area contributed by atoms with E-state index in [4.69, 9.17) is 5.73 Å². The number of aliphatic imine (C=N–C) groups is 1. The maximum absolute atomic E-state index is 13.6. The number of carbonyl (C=O) groups is 2. The van der Waals surface area contributed by atoms with Crippen molar-refractivity contribution in [2.75, 3.05) is 5.32 Å². The standard InChI is InChI=1S/C21H21FN4O3/c1-2-18(23)24-8-4-7-15-20(25-14-6-3-5-13(22)11-14)19-16(26-15)9-12(21(28)29)10-17(19)27/h2-8,11-12,25-26H,9-10,23H2,1H3,(H,28,29)/b7-4+,18-2-,24-8-. The van der Waals surface area contributed by atoms with Crippen molar-refractivity contribution in [3.05, 3.63) is 65.0 Å². The number of carbonyl (C=O) groups excluding carboxylic acids is 1. The van der Waals surface area contributed by atoms with Gasteiger partial charge in [0.1, 0.15) is 11.6 Å². The fraction of sp³-hybridized carbons (Fsp3) is 0.190. The molecule has 0 spiro atoms. The number of aliphatic carboxylic acids is 1. The molecule has 1 heterocycles. The third-order valence-corrected chi connectivity index (χ3v) is 4.58. The molecule has 2 aromatic rings. The number of nitrogens with two attached hydrogens (primary N) is 1. The Bertz CT molecular complexity index is 1040. The fourth-order valence-corrected chi connectivity index (χ4v) is 3.16. The van der Waals surface area contributed by atoms with E-state index in [2.05, 4.69) is 15.3 Å². The van der Waals surface area contributed by atoms with Crippen molar-refractivity contribution < 1.29 is 19.1 Å². The molecule has 5 N–H and O–H groups in total. The van der Waals surface area contributed by atoms with Gasteiger partial charge in [0.2, 0.25) is 0 Å². The van der Waals surface area contributed by atoms with Gasteiger partial charge in [0.15, 0.2) is 5.78 Å². The van der Waals surface area contributed by atoms with Gasteiger partial charge in [0.05, 0.1) is 22.9 Å². The van der Waals surface area contributed by atoms with Crippen LogP contribution < -0.4 is 11.1 Å². The second-order valence-electron chi connectivity index (χ2n) is 6.62. The van der Waals surface area contributed by atoms with Crippen LogP contribution in [0.1, 0.15) is 35.1 Å². The number of Topliss-reactive ketones (excluding diaryl/α,β-unsaturated/α-hetero) is 1. The molecule has 0 fully saturated rings. The molecule has 8 heteroatoms. The van der Waals surface area contributed by atoms with Crippen molar-refractivity contribution in [3.8, 4) is 0 Å². The number of H-pyrrole nitrogens is 1. The molecule has 7 nitrogen and oxygen atoms in total. The van der Waals surface area contributed by atoms with Gasteiger partial charge >= 0.3 is 5.97 Å². The highest BCUT2D eigenvalue weighted by Crippen LogP contribution is 2.36. The first-order valence-electron chi connectivity index (χ1n) is 9.05. The van der Waals surface area contributed by atoms with Crippen LogP contribution in [-0.4, -0.2) is 28.1 Å². The highest BCUT2D eigenvalue weighted by atomic mass is 19.1. The summed E-state index contributed by atoms with van der Waals surface area (Å²) in [7, 11) is 0. The van der Waals surface area contributed by atoms with Crippen LogP contribution in [0.15, 0.2) is 47.2 Å². The second kappa shape index (κ2) is 8.55. The van der Waals surface area contributed by atoms with E-state index in [1.807, 2.05) is 0 Å². The molecule has 1 unspecified atom stereocenters. The number of aromatic nitrogens is 1. The number of hydrogen-bond acceptors (Lipinski definition) is 5. The van der Waals surface area contributed by atoms with Crippen LogP contribution >= 0.6 is 0 Å². The minimum Gasteiger partial charge on any atom is -0.481 e. The third kappa shape index (κ3) is 4.60. The number of aromatic amines is 1. The Morgan fingerprint density at radius 3 is 2.90 bits per heavy atom. The molecule has 1 atom stereocenters. The lowest BCUT2D eigenvalue weighted by atomic mass is 9.86. The number of nitrogens with one attached hydrogen (secondary N) is 2. The van der Waals surface area contributed by atoms with Gasteiger partial charge in [0, 0.05) is 30.4 Å². The number of rotatable bonds is 6. The summed E-state index contributed by atoms with van der Waals surface area (Å²) in [4.78, 5) is 31.2. The summed E-state index contributed by atoms with van der Waals surface area (Å²) in [6, 6.07) is 5.87. The van der Waals surface area contributed by atoms with Crippen LogP contribution in [0.25, 0.3) is 6.08 Å². The quantitative estimate of drug-likeness (QED) is 0.556. The SMILES string of the molecule is C\C=C(N)/N=C\C=C\c1[nH]c2c(c1Nc1cccc(F)c1)C(=O)CC(C(=O)O)C2. The van der Waals surface area contributed by atoms with Crippen LogP contribution in [-0.2, 0) is 11.2 Å². The molecular weight excluding hydrogens is 375 g/mol. The van der Waals surface area contributed by atoms with Crippen molar-refractivity contribution in [1.29, 1.82) is 0 Å². The zero-order valence-electron chi connectivity index (χ0n) is 15.8. The number of benzene rings is 1. The van der Waals surface area contributed by atoms with Crippen LogP contribution in [0.4, 0.5) is 15.8 Å². The van der Waals surface area contributed by atoms with Gasteiger partial charge in [-0.2, -0.15) is 0 Å². The van der Waals surface area contributed by atoms with E-state index in [-0.39, 0.29) is 18.6 Å². The number of carboxylic acids is 1. The van der Waals surface area contributed by atoms with Crippen molar-refractivity contribution in [1.82, 2.24) is 4.98 Å². The summed E-state index contributed by atoms with van der Waals surface area (Å²) in [5, 5.41) is 12.4. The molecule has 0 aliphatic heterocycles. The number of anilines is 2. The van der Waals surface area contributed by atoms with Gasteiger partial charge in [0.25, 0.3) is 0 Å². The molecule has 0 saturated heterocycles. The highest BCUT2D eigenvalue weighted by Gasteiger charge is 2.34. The Balaban J connectivity index is 2.01. The fourth-order valence-electron chi connectivity index (χ4n) is 3.16. The zero-order chi connectivity index (χ0) is 21.0. The number of fused-ring (bicyclic) bond motifs is 1. The first kappa shape index (κ1) is 20.1. The summed E-state index contributed by atoms with van der Waals surface area (Å²) in [6.07, 6.45) is 6.61. The lowest BCUT2D eigenvalue weighted by Gasteiger charge is -2.18. The molecule has 0 radical (unpaired) electrons. The Morgan fingerprint density at radius 1 is 1.41 bits per heavy atom. The van der Waals surface area contributed by atoms with E-state index < -0.39 is 17.7 Å². The molecule has 29 heavy (non-hydrogen) atoms. The maximum atomic E-state index is 13.6. The van der Waals surface area contributed by atoms with E-state index in [9.17, 15) is 19.1 Å². The van der Waals surface area contributed by atoms with Crippen molar-refractivity contribution in [3.63, 3.8) is 0 Å². The Hall–Kier alpha value is -3.68. The Morgan fingerprint density at radius 2 is 2.21 bits per heavy atom. The van der Waals surface area contributed by atoms with Gasteiger partial charge in [-0.05, 0) is 43.4 Å². The van der Waals surface area contributed by atoms with Crippen molar-refractivity contribution >= 4 is 35.4 Å². The van der Waals surface area contributed by atoms with E-state index in [0.29, 0.717) is 34.1 Å². The number of ketones is 1. The molecule has 0 saturated carbocycles. The van der Waals surface area contributed by atoms with E-state index in [1.54, 1.807) is 37.3 Å². The molecule has 3 rings (SSSR count). The van der Waals surface area contributed by atoms with E-state index in [0.717, 1.165) is 0 Å². The highest BCUT2D eigenvalue weighted by molar-refractivity contribution is 6.07. The zero-order valence-corrected chi connectivity index (χ0v) is 15.8. The number of allylic oxidation sites excluding steroid dienone is 2. The first-order chi connectivity index (χ1) is 13.9. The van der Waals surface area contributed by atoms with Crippen LogP contribution in [0.3, 0.4) is 0 Å². The van der Waals surface area contributed by atoms with Gasteiger partial charge in [-0.15, -0.1) is 0 Å². The van der Waals surface area contributed by atoms with Crippen molar-refractivity contribution in [2.24, 2.45) is 16.6 Å². The van der Waals surface area contributed by atoms with Crippen LogP contribution in [0.2, 0.25) is 0 Å². The number of nitrogens with zero attached hydrogens (tertiary/aromatic N) is 1. The summed E-state index contributed by atoms with van der Waals surface area (Å²) < 4.78 is 13.6. The molecule has 0 amide bonds. The average Bonchev–Trinajstić information content (AvgIpc) is 3.02. The largest absolute Gasteiger partial charge is 0.481 e. The van der Waals surface area contributed by atoms with Gasteiger partial charge in [-0.1, -0.05) is 6.07 Å². The average molecular weight is 396 g/mol. The summed E-state index contributed by atoms with van der Waals surface area (Å²) >= 11 is 0. The lowest BCUT2D eigenvalue weighted by Crippen LogP contribution is -2.26. The van der Waals surface area contributed by atoms with Gasteiger partial charge in [-0.25, -0.2) is 9.38 Å². The maximum Gasteiger partial charge on any atom is 0.307 e.